The molecule has 1 aliphatic heterocycles. The number of hydrogen-bond donors (Lipinski definition) is 2. The normalized spacial score (nSPS) is 21.2. The number of ether oxygens (including phenoxy) is 1. The molecule has 0 aromatic carbocycles. The average Bonchev–Trinajstić information content (AvgIpc) is 2.95. The number of nitrogens with two attached hydrogens (primary N) is 1. The zero-order chi connectivity index (χ0) is 15.0. The van der Waals surface area contributed by atoms with Gasteiger partial charge in [0.05, 0.1) is 13.2 Å². The Labute approximate surface area is 114 Å². The van der Waals surface area contributed by atoms with Gasteiger partial charge in [0.2, 0.25) is 5.91 Å². The first-order valence-electron chi connectivity index (χ1n) is 6.61. The molecule has 1 fully saturated rings. The fourth-order valence-electron chi connectivity index (χ4n) is 2.10. The van der Waals surface area contributed by atoms with Crippen molar-refractivity contribution in [3.05, 3.63) is 0 Å². The second kappa shape index (κ2) is 8.87. The van der Waals surface area contributed by atoms with Crippen LogP contribution in [0.1, 0.15) is 33.1 Å². The summed E-state index contributed by atoms with van der Waals surface area (Å²) in [5, 5.41) is 7.00. The number of carbonyl (C=O) groups excluding carboxylic acids is 2. The first-order valence-corrected chi connectivity index (χ1v) is 6.61. The Kier molecular flexibility index (Phi) is 8.34. The highest BCUT2D eigenvalue weighted by Gasteiger charge is 2.37. The topological polar surface area (TPSA) is 92.9 Å². The predicted molar refractivity (Wildman–Crippen MR) is 72.3 cm³/mol. The second-order valence-corrected chi connectivity index (χ2v) is 4.62. The van der Waals surface area contributed by atoms with Gasteiger partial charge in [0, 0.05) is 13.7 Å². The highest BCUT2D eigenvalue weighted by molar-refractivity contribution is 5.88. The molecule has 0 spiro atoms. The van der Waals surface area contributed by atoms with Crippen molar-refractivity contribution in [1.29, 1.82) is 0 Å². The lowest BCUT2D eigenvalue weighted by atomic mass is 9.98. The molecule has 3 N–H and O–H groups in total. The minimum Gasteiger partial charge on any atom is -0.467 e. The molecular formula is C13H26N2O4. The first kappa shape index (κ1) is 17.9. The minimum absolute atomic E-state index is 0.126. The van der Waals surface area contributed by atoms with Crippen LogP contribution in [-0.2, 0) is 14.3 Å². The van der Waals surface area contributed by atoms with Crippen molar-refractivity contribution in [2.75, 3.05) is 20.8 Å². The highest BCUT2D eigenvalue weighted by Crippen LogP contribution is 2.21. The molecule has 19 heavy (non-hydrogen) atoms. The number of hydrogen-bond acceptors (Lipinski definition) is 5. The molecule has 0 bridgehead atoms. The monoisotopic (exact) mass is 274 g/mol. The van der Waals surface area contributed by atoms with E-state index in [-0.39, 0.29) is 17.8 Å². The van der Waals surface area contributed by atoms with Gasteiger partial charge in [-0.05, 0) is 18.8 Å². The summed E-state index contributed by atoms with van der Waals surface area (Å²) in [6.45, 7) is 4.55. The molecule has 0 aromatic rings. The molecule has 0 aliphatic carbocycles. The van der Waals surface area contributed by atoms with E-state index in [9.17, 15) is 9.59 Å². The summed E-state index contributed by atoms with van der Waals surface area (Å²) in [4.78, 5) is 25.3. The molecule has 0 aromatic heterocycles. The van der Waals surface area contributed by atoms with E-state index in [4.69, 9.17) is 15.6 Å². The maximum atomic E-state index is 12.2. The second-order valence-electron chi connectivity index (χ2n) is 4.62. The van der Waals surface area contributed by atoms with E-state index in [1.165, 1.54) is 7.11 Å². The van der Waals surface area contributed by atoms with Crippen molar-refractivity contribution in [1.82, 2.24) is 4.90 Å². The number of rotatable bonds is 4. The van der Waals surface area contributed by atoms with Crippen LogP contribution in [0.2, 0.25) is 0 Å². The van der Waals surface area contributed by atoms with Gasteiger partial charge in [-0.1, -0.05) is 20.3 Å². The van der Waals surface area contributed by atoms with Gasteiger partial charge in [-0.3, -0.25) is 4.79 Å². The Balaban J connectivity index is 0.00000154. The third-order valence-electron chi connectivity index (χ3n) is 3.55. The summed E-state index contributed by atoms with van der Waals surface area (Å²) in [6.07, 6.45) is 2.36. The summed E-state index contributed by atoms with van der Waals surface area (Å²) >= 11 is 0. The summed E-state index contributed by atoms with van der Waals surface area (Å²) in [5.41, 5.74) is 5.91. The Morgan fingerprint density at radius 2 is 2.05 bits per heavy atom. The number of carbonyl (C=O) groups is 2. The van der Waals surface area contributed by atoms with E-state index in [1.54, 1.807) is 4.90 Å². The average molecular weight is 274 g/mol. The molecule has 6 heteroatoms. The van der Waals surface area contributed by atoms with Crippen molar-refractivity contribution >= 4 is 11.9 Å². The Hall–Kier alpha value is -1.14. The van der Waals surface area contributed by atoms with Gasteiger partial charge in [0.15, 0.2) is 0 Å². The van der Waals surface area contributed by atoms with Gasteiger partial charge >= 0.3 is 5.97 Å². The number of amides is 1. The maximum Gasteiger partial charge on any atom is 0.328 e. The van der Waals surface area contributed by atoms with Crippen LogP contribution in [-0.4, -0.2) is 54.7 Å². The van der Waals surface area contributed by atoms with E-state index in [0.717, 1.165) is 20.0 Å². The van der Waals surface area contributed by atoms with Crippen LogP contribution in [0.3, 0.4) is 0 Å². The summed E-state index contributed by atoms with van der Waals surface area (Å²) in [5.74, 6) is -0.346. The predicted octanol–water partition coefficient (Wildman–Crippen LogP) is 0.132. The van der Waals surface area contributed by atoms with E-state index in [2.05, 4.69) is 0 Å². The lowest BCUT2D eigenvalue weighted by Gasteiger charge is -2.27. The number of nitrogens with zero attached hydrogens (tertiary/aromatic N) is 1. The molecule has 0 saturated carbocycles. The Morgan fingerprint density at radius 3 is 2.53 bits per heavy atom. The minimum atomic E-state index is -0.523. The summed E-state index contributed by atoms with van der Waals surface area (Å²) in [6, 6.07) is -0.965. The highest BCUT2D eigenvalue weighted by atomic mass is 16.5. The maximum absolute atomic E-state index is 12.2. The van der Waals surface area contributed by atoms with Crippen LogP contribution in [0.25, 0.3) is 0 Å². The molecule has 1 saturated heterocycles. The smallest absolute Gasteiger partial charge is 0.328 e. The van der Waals surface area contributed by atoms with Gasteiger partial charge in [0.25, 0.3) is 0 Å². The lowest BCUT2D eigenvalue weighted by Crippen LogP contribution is -2.50. The van der Waals surface area contributed by atoms with Gasteiger partial charge in [0.1, 0.15) is 6.04 Å². The number of likely N-dealkylation sites (tertiary alicyclic amines) is 1. The quantitative estimate of drug-likeness (QED) is 0.711. The van der Waals surface area contributed by atoms with Crippen molar-refractivity contribution in [2.45, 2.75) is 45.2 Å². The van der Waals surface area contributed by atoms with Crippen LogP contribution in [0.4, 0.5) is 0 Å². The van der Waals surface area contributed by atoms with Gasteiger partial charge in [-0.25, -0.2) is 4.79 Å². The SMILES string of the molecule is CCC(C)C(N)C(=O)N1CCC[C@H]1C(=O)OC.CO. The van der Waals surface area contributed by atoms with Crippen molar-refractivity contribution in [3.8, 4) is 0 Å². The first-order chi connectivity index (χ1) is 9.02. The molecular weight excluding hydrogens is 248 g/mol. The van der Waals surface area contributed by atoms with E-state index >= 15 is 0 Å². The van der Waals surface area contributed by atoms with Crippen molar-refractivity contribution in [3.63, 3.8) is 0 Å². The molecule has 1 amide bonds. The van der Waals surface area contributed by atoms with Gasteiger partial charge in [-0.2, -0.15) is 0 Å². The van der Waals surface area contributed by atoms with E-state index in [0.29, 0.717) is 13.0 Å². The van der Waals surface area contributed by atoms with Crippen LogP contribution in [0, 0.1) is 5.92 Å². The molecule has 3 atom stereocenters. The standard InChI is InChI=1S/C12H22N2O3.CH4O/c1-4-8(2)10(13)11(15)14-7-5-6-9(14)12(16)17-3;1-2/h8-10H,4-7,13H2,1-3H3;2H,1H3/t8?,9-,10?;/m0./s1. The molecule has 2 unspecified atom stereocenters. The van der Waals surface area contributed by atoms with E-state index in [1.807, 2.05) is 13.8 Å². The number of esters is 1. The van der Waals surface area contributed by atoms with Crippen LogP contribution in [0.15, 0.2) is 0 Å². The third kappa shape index (κ3) is 4.47. The zero-order valence-electron chi connectivity index (χ0n) is 12.3. The van der Waals surface area contributed by atoms with Crippen LogP contribution in [0.5, 0.6) is 0 Å². The molecule has 1 rings (SSSR count). The Bertz CT molecular complexity index is 296. The van der Waals surface area contributed by atoms with Crippen molar-refractivity contribution in [2.24, 2.45) is 11.7 Å². The van der Waals surface area contributed by atoms with Gasteiger partial charge in [-0.15, -0.1) is 0 Å². The molecule has 6 nitrogen and oxygen atoms in total. The Morgan fingerprint density at radius 1 is 1.47 bits per heavy atom. The third-order valence-corrected chi connectivity index (χ3v) is 3.55. The molecule has 0 radical (unpaired) electrons. The van der Waals surface area contributed by atoms with Crippen LogP contribution >= 0.6 is 0 Å². The van der Waals surface area contributed by atoms with Crippen molar-refractivity contribution < 1.29 is 19.4 Å². The number of aliphatic hydroxyl groups excluding tert-OH is 1. The molecule has 112 valence electrons. The number of methoxy groups -OCH3 is 1. The summed E-state index contributed by atoms with van der Waals surface area (Å²) < 4.78 is 4.71. The fourth-order valence-corrected chi connectivity index (χ4v) is 2.10. The van der Waals surface area contributed by atoms with Gasteiger partial charge < -0.3 is 20.5 Å². The molecule has 1 aliphatic rings. The molecule has 1 heterocycles. The van der Waals surface area contributed by atoms with E-state index < -0.39 is 12.1 Å². The largest absolute Gasteiger partial charge is 0.467 e. The fraction of sp³-hybridized carbons (Fsp3) is 0.846. The summed E-state index contributed by atoms with van der Waals surface area (Å²) in [7, 11) is 2.35. The van der Waals surface area contributed by atoms with Crippen LogP contribution < -0.4 is 5.73 Å². The lowest BCUT2D eigenvalue weighted by molar-refractivity contribution is -0.151. The number of aliphatic hydroxyl groups is 1. The zero-order valence-corrected chi connectivity index (χ0v) is 12.3.